The number of rotatable bonds is 13. The molecule has 3 aliphatic heterocycles. The van der Waals surface area contributed by atoms with Crippen LogP contribution in [0, 0.1) is 18.3 Å². The molecule has 3 aromatic carbocycles. The molecule has 60 heavy (non-hydrogen) atoms. The summed E-state index contributed by atoms with van der Waals surface area (Å²) in [5, 5.41) is 18.2. The van der Waals surface area contributed by atoms with Crippen molar-refractivity contribution in [3.63, 3.8) is 0 Å². The van der Waals surface area contributed by atoms with Crippen molar-refractivity contribution in [2.24, 2.45) is 0 Å². The number of imidazole rings is 1. The largest absolute Gasteiger partial charge is 0.496 e. The number of ether oxygens (including phenoxy) is 1. The number of aryl methyl sites for hydroxylation is 1. The molecule has 5 heterocycles. The average molecular weight is 807 g/mol. The molecule has 304 valence electrons. The molecular formula is C44H42N10O6. The Hall–Kier alpha value is -7.41. The minimum atomic E-state index is -1.05. The minimum absolute atomic E-state index is 0.0390. The second-order valence-electron chi connectivity index (χ2n) is 14.9. The summed E-state index contributed by atoms with van der Waals surface area (Å²) in [4.78, 5) is 81.3. The molecule has 0 aliphatic carbocycles. The average Bonchev–Trinajstić information content (AvgIpc) is 3.79. The van der Waals surface area contributed by atoms with Gasteiger partial charge in [-0.25, -0.2) is 15.0 Å². The molecule has 16 heteroatoms. The van der Waals surface area contributed by atoms with Crippen LogP contribution in [0.15, 0.2) is 73.2 Å². The Morgan fingerprint density at radius 1 is 1.03 bits per heavy atom. The lowest BCUT2D eigenvalue weighted by molar-refractivity contribution is -0.136. The number of piperidine rings is 1. The van der Waals surface area contributed by atoms with Crippen molar-refractivity contribution in [3.8, 4) is 17.5 Å². The molecule has 0 spiro atoms. The number of benzene rings is 3. The van der Waals surface area contributed by atoms with Gasteiger partial charge in [-0.3, -0.25) is 38.8 Å². The molecule has 2 aromatic heterocycles. The monoisotopic (exact) mass is 806 g/mol. The number of carbonyl (C=O) groups is 5. The molecule has 5 amide bonds. The molecule has 1 fully saturated rings. The SMILES string of the molecule is CC[C@@H]1c2c(C#N)ncn2-c2cnc(Cc3ccc(C(=O)NCCCNc4cccc5c4C(=O)N(C4CCC(=O)NC4=O)C5=O)cc3OC)nc2N1Cc1ccc(C)cc1. The van der Waals surface area contributed by atoms with Crippen LogP contribution >= 0.6 is 0 Å². The van der Waals surface area contributed by atoms with Crippen molar-refractivity contribution in [3.05, 3.63) is 124 Å². The molecule has 3 aliphatic rings. The topological polar surface area (TPSA) is 205 Å². The van der Waals surface area contributed by atoms with Gasteiger partial charge in [-0.2, -0.15) is 5.26 Å². The van der Waals surface area contributed by atoms with Gasteiger partial charge in [-0.15, -0.1) is 0 Å². The van der Waals surface area contributed by atoms with Gasteiger partial charge in [0.1, 0.15) is 35.7 Å². The molecule has 0 bridgehead atoms. The molecule has 1 unspecified atom stereocenters. The van der Waals surface area contributed by atoms with Crippen LogP contribution in [-0.4, -0.2) is 80.2 Å². The van der Waals surface area contributed by atoms with Crippen LogP contribution < -0.4 is 25.6 Å². The zero-order valence-electron chi connectivity index (χ0n) is 33.3. The highest BCUT2D eigenvalue weighted by atomic mass is 16.5. The number of nitrogens with zero attached hydrogens (tertiary/aromatic N) is 7. The van der Waals surface area contributed by atoms with Crippen molar-refractivity contribution in [1.82, 2.24) is 35.1 Å². The van der Waals surface area contributed by atoms with Crippen molar-refractivity contribution in [2.75, 3.05) is 30.4 Å². The van der Waals surface area contributed by atoms with Crippen molar-refractivity contribution >= 4 is 41.0 Å². The van der Waals surface area contributed by atoms with E-state index in [0.717, 1.165) is 39.6 Å². The number of aromatic nitrogens is 4. The van der Waals surface area contributed by atoms with Crippen molar-refractivity contribution < 1.29 is 28.7 Å². The molecule has 1 saturated heterocycles. The minimum Gasteiger partial charge on any atom is -0.496 e. The standard InChI is InChI=1S/C44H42N10O6/c1-4-32-39-31(21-45)49-24-53(39)34-22-48-36(50-40(34)52(32)23-26-11-9-25(2)10-12-26)20-27-13-14-28(19-35(27)60-3)41(56)47-18-6-17-46-30-8-5-7-29-38(30)44(59)54(43(29)58)33-15-16-37(55)51-42(33)57/h5,7-14,19,22,24,32-33,46H,4,6,15-18,20,23H2,1-3H3,(H,47,56)(H,51,55,57)/t32-,33?/m1/s1. The van der Waals surface area contributed by atoms with E-state index in [0.29, 0.717) is 61.0 Å². The predicted octanol–water partition coefficient (Wildman–Crippen LogP) is 4.55. The first-order valence-electron chi connectivity index (χ1n) is 19.8. The van der Waals surface area contributed by atoms with Crippen LogP contribution in [0.25, 0.3) is 5.69 Å². The molecular weight excluding hydrogens is 765 g/mol. The van der Waals surface area contributed by atoms with Crippen LogP contribution in [0.2, 0.25) is 0 Å². The Labute approximate surface area is 345 Å². The van der Waals surface area contributed by atoms with Gasteiger partial charge >= 0.3 is 0 Å². The maximum atomic E-state index is 13.4. The molecule has 3 N–H and O–H groups in total. The van der Waals surface area contributed by atoms with E-state index in [9.17, 15) is 29.2 Å². The van der Waals surface area contributed by atoms with Gasteiger partial charge in [0.05, 0.1) is 36.2 Å². The quantitative estimate of drug-likeness (QED) is 0.111. The number of amides is 5. The summed E-state index contributed by atoms with van der Waals surface area (Å²) in [6, 6.07) is 19.5. The Bertz CT molecular complexity index is 2600. The van der Waals surface area contributed by atoms with Gasteiger partial charge in [-0.05, 0) is 56.0 Å². The normalized spacial score (nSPS) is 16.8. The van der Waals surface area contributed by atoms with E-state index in [1.54, 1.807) is 43.9 Å². The number of hydrogen-bond acceptors (Lipinski definition) is 12. The van der Waals surface area contributed by atoms with Gasteiger partial charge in [0.15, 0.2) is 11.5 Å². The zero-order chi connectivity index (χ0) is 42.1. The molecule has 2 atom stereocenters. The van der Waals surface area contributed by atoms with Gasteiger partial charge in [-0.1, -0.05) is 48.9 Å². The number of imide groups is 2. The van der Waals surface area contributed by atoms with Crippen LogP contribution in [0.4, 0.5) is 11.5 Å². The maximum Gasteiger partial charge on any atom is 0.264 e. The highest BCUT2D eigenvalue weighted by Gasteiger charge is 2.45. The third kappa shape index (κ3) is 7.30. The second kappa shape index (κ2) is 16.5. The number of fused-ring (bicyclic) bond motifs is 4. The summed E-state index contributed by atoms with van der Waals surface area (Å²) in [5.74, 6) is -0.767. The second-order valence-corrected chi connectivity index (χ2v) is 14.9. The Balaban J connectivity index is 0.919. The first-order chi connectivity index (χ1) is 29.1. The number of methoxy groups -OCH3 is 1. The Kier molecular flexibility index (Phi) is 10.8. The van der Waals surface area contributed by atoms with E-state index in [4.69, 9.17) is 14.7 Å². The van der Waals surface area contributed by atoms with E-state index in [2.05, 4.69) is 70.0 Å². The fourth-order valence-electron chi connectivity index (χ4n) is 8.09. The first kappa shape index (κ1) is 39.4. The van der Waals surface area contributed by atoms with E-state index >= 15 is 0 Å². The fraction of sp³-hybridized carbons (Fsp3) is 0.295. The molecule has 0 radical (unpaired) electrons. The maximum absolute atomic E-state index is 13.4. The first-order valence-corrected chi connectivity index (χ1v) is 19.8. The lowest BCUT2D eigenvalue weighted by Crippen LogP contribution is -2.54. The third-order valence-corrected chi connectivity index (χ3v) is 11.1. The summed E-state index contributed by atoms with van der Waals surface area (Å²) in [5.41, 5.74) is 6.21. The van der Waals surface area contributed by atoms with E-state index < -0.39 is 29.7 Å². The smallest absolute Gasteiger partial charge is 0.264 e. The van der Waals surface area contributed by atoms with Gasteiger partial charge in [0, 0.05) is 49.3 Å². The summed E-state index contributed by atoms with van der Waals surface area (Å²) >= 11 is 0. The number of hydrogen-bond donors (Lipinski definition) is 3. The van der Waals surface area contributed by atoms with E-state index in [-0.39, 0.29) is 35.9 Å². The molecule has 16 nitrogen and oxygen atoms in total. The number of nitriles is 1. The third-order valence-electron chi connectivity index (χ3n) is 11.1. The van der Waals surface area contributed by atoms with Gasteiger partial charge in [0.2, 0.25) is 11.8 Å². The lowest BCUT2D eigenvalue weighted by atomic mass is 10.0. The highest BCUT2D eigenvalue weighted by Crippen LogP contribution is 2.41. The van der Waals surface area contributed by atoms with E-state index in [1.165, 1.54) is 11.6 Å². The Morgan fingerprint density at radius 2 is 1.85 bits per heavy atom. The molecule has 8 rings (SSSR count). The van der Waals surface area contributed by atoms with Gasteiger partial charge < -0.3 is 20.3 Å². The number of anilines is 2. The fourth-order valence-corrected chi connectivity index (χ4v) is 8.09. The van der Waals surface area contributed by atoms with Crippen LogP contribution in [-0.2, 0) is 22.6 Å². The number of carbonyl (C=O) groups excluding carboxylic acids is 5. The predicted molar refractivity (Wildman–Crippen MR) is 219 cm³/mol. The summed E-state index contributed by atoms with van der Waals surface area (Å²) in [6.45, 7) is 5.40. The summed E-state index contributed by atoms with van der Waals surface area (Å²) in [6.07, 6.45) is 5.09. The van der Waals surface area contributed by atoms with Crippen LogP contribution in [0.3, 0.4) is 0 Å². The lowest BCUT2D eigenvalue weighted by Gasteiger charge is -2.38. The summed E-state index contributed by atoms with van der Waals surface area (Å²) in [7, 11) is 1.55. The highest BCUT2D eigenvalue weighted by molar-refractivity contribution is 6.25. The zero-order valence-corrected chi connectivity index (χ0v) is 33.3. The van der Waals surface area contributed by atoms with Gasteiger partial charge in [0.25, 0.3) is 17.7 Å². The van der Waals surface area contributed by atoms with Crippen molar-refractivity contribution in [2.45, 2.75) is 64.6 Å². The van der Waals surface area contributed by atoms with Crippen molar-refractivity contribution in [1.29, 1.82) is 5.26 Å². The molecule has 0 saturated carbocycles. The number of nitrogens with one attached hydrogen (secondary N) is 3. The summed E-state index contributed by atoms with van der Waals surface area (Å²) < 4.78 is 7.65. The van der Waals surface area contributed by atoms with Crippen LogP contribution in [0.1, 0.15) is 104 Å². The molecule has 5 aromatic rings. The van der Waals surface area contributed by atoms with Crippen LogP contribution in [0.5, 0.6) is 5.75 Å². The Morgan fingerprint density at radius 3 is 2.60 bits per heavy atom. The van der Waals surface area contributed by atoms with E-state index in [1.807, 2.05) is 10.6 Å².